The molecule has 1 aliphatic rings. The predicted molar refractivity (Wildman–Crippen MR) is 96.6 cm³/mol. The number of amides is 2. The van der Waals surface area contributed by atoms with Crippen LogP contribution in [0.5, 0.6) is 11.6 Å². The summed E-state index contributed by atoms with van der Waals surface area (Å²) >= 11 is 0. The highest BCUT2D eigenvalue weighted by Gasteiger charge is 2.30. The predicted octanol–water partition coefficient (Wildman–Crippen LogP) is 3.43. The molecular formula is C19H21N3O4. The Kier molecular flexibility index (Phi) is 5.06. The Morgan fingerprint density at radius 1 is 1.27 bits per heavy atom. The fourth-order valence-electron chi connectivity index (χ4n) is 2.81. The van der Waals surface area contributed by atoms with Gasteiger partial charge in [0.15, 0.2) is 0 Å². The minimum absolute atomic E-state index is 0.225. The van der Waals surface area contributed by atoms with Gasteiger partial charge in [-0.05, 0) is 43.5 Å². The summed E-state index contributed by atoms with van der Waals surface area (Å²) in [6.45, 7) is 4.66. The molecular weight excluding hydrogens is 334 g/mol. The van der Waals surface area contributed by atoms with Crippen LogP contribution in [0.1, 0.15) is 17.5 Å². The van der Waals surface area contributed by atoms with E-state index in [1.54, 1.807) is 12.1 Å². The summed E-state index contributed by atoms with van der Waals surface area (Å²) in [6.07, 6.45) is 1.99. The second-order valence-corrected chi connectivity index (χ2v) is 6.39. The number of aromatic nitrogens is 1. The molecule has 1 saturated heterocycles. The number of aliphatic carboxylic acids is 1. The van der Waals surface area contributed by atoms with Crippen molar-refractivity contribution in [1.29, 1.82) is 0 Å². The van der Waals surface area contributed by atoms with Crippen molar-refractivity contribution in [2.45, 2.75) is 20.3 Å². The molecule has 2 N–H and O–H groups in total. The van der Waals surface area contributed by atoms with Crippen molar-refractivity contribution in [2.24, 2.45) is 5.92 Å². The first-order valence-electron chi connectivity index (χ1n) is 8.43. The monoisotopic (exact) mass is 355 g/mol. The van der Waals surface area contributed by atoms with E-state index in [9.17, 15) is 9.59 Å². The number of rotatable bonds is 4. The highest BCUT2D eigenvalue weighted by molar-refractivity contribution is 5.89. The molecule has 3 rings (SSSR count). The quantitative estimate of drug-likeness (QED) is 0.877. The number of aryl methyl sites for hydroxylation is 1. The number of carbonyl (C=O) groups is 2. The van der Waals surface area contributed by atoms with E-state index in [4.69, 9.17) is 9.84 Å². The second kappa shape index (κ2) is 7.43. The van der Waals surface area contributed by atoms with Gasteiger partial charge in [0, 0.05) is 19.2 Å². The molecule has 0 saturated carbocycles. The lowest BCUT2D eigenvalue weighted by atomic mass is 10.1. The number of anilines is 1. The third-order valence-electron chi connectivity index (χ3n) is 4.58. The van der Waals surface area contributed by atoms with Crippen molar-refractivity contribution in [3.63, 3.8) is 0 Å². The number of nitrogens with one attached hydrogen (secondary N) is 1. The average molecular weight is 355 g/mol. The first-order valence-corrected chi connectivity index (χ1v) is 8.43. The van der Waals surface area contributed by atoms with Crippen molar-refractivity contribution in [3.8, 4) is 11.6 Å². The first kappa shape index (κ1) is 17.7. The van der Waals surface area contributed by atoms with Crippen LogP contribution in [0.3, 0.4) is 0 Å². The summed E-state index contributed by atoms with van der Waals surface area (Å²) in [4.78, 5) is 28.9. The molecule has 7 nitrogen and oxygen atoms in total. The van der Waals surface area contributed by atoms with Crippen LogP contribution < -0.4 is 10.1 Å². The third kappa shape index (κ3) is 3.93. The molecule has 26 heavy (non-hydrogen) atoms. The number of hydrogen-bond acceptors (Lipinski definition) is 4. The van der Waals surface area contributed by atoms with Crippen molar-refractivity contribution < 1.29 is 19.4 Å². The van der Waals surface area contributed by atoms with Gasteiger partial charge in [0.2, 0.25) is 5.88 Å². The van der Waals surface area contributed by atoms with Gasteiger partial charge in [-0.1, -0.05) is 12.1 Å². The van der Waals surface area contributed by atoms with Crippen molar-refractivity contribution in [1.82, 2.24) is 9.88 Å². The number of likely N-dealkylation sites (tertiary alicyclic amines) is 1. The zero-order valence-corrected chi connectivity index (χ0v) is 14.7. The van der Waals surface area contributed by atoms with E-state index in [0.29, 0.717) is 24.5 Å². The molecule has 2 amide bonds. The van der Waals surface area contributed by atoms with E-state index in [1.807, 2.05) is 32.0 Å². The number of pyridine rings is 1. The number of carboxylic acid groups (broad SMARTS) is 1. The molecule has 0 aliphatic carbocycles. The highest BCUT2D eigenvalue weighted by atomic mass is 16.5. The molecule has 1 unspecified atom stereocenters. The van der Waals surface area contributed by atoms with Gasteiger partial charge in [-0.2, -0.15) is 0 Å². The summed E-state index contributed by atoms with van der Waals surface area (Å²) in [7, 11) is 0. The van der Waals surface area contributed by atoms with E-state index in [-0.39, 0.29) is 12.6 Å². The lowest BCUT2D eigenvalue weighted by Crippen LogP contribution is -2.33. The lowest BCUT2D eigenvalue weighted by Gasteiger charge is -2.16. The molecule has 2 heterocycles. The number of ether oxygens (including phenoxy) is 1. The minimum Gasteiger partial charge on any atom is -0.481 e. The van der Waals surface area contributed by atoms with Crippen LogP contribution in [-0.2, 0) is 4.79 Å². The Morgan fingerprint density at radius 2 is 2.08 bits per heavy atom. The van der Waals surface area contributed by atoms with Crippen LogP contribution in [0, 0.1) is 19.8 Å². The van der Waals surface area contributed by atoms with E-state index < -0.39 is 11.9 Å². The van der Waals surface area contributed by atoms with Crippen LogP contribution in [-0.4, -0.2) is 40.1 Å². The first-order chi connectivity index (χ1) is 12.4. The standard InChI is InChI=1S/C19H21N3O4/c1-12-4-3-5-16(13(12)2)26-17-7-6-15(10-20-17)21-19(25)22-9-8-14(11-22)18(23)24/h3-7,10,14H,8-9,11H2,1-2H3,(H,21,25)(H,23,24). The van der Waals surface area contributed by atoms with Gasteiger partial charge >= 0.3 is 12.0 Å². The molecule has 0 radical (unpaired) electrons. The largest absolute Gasteiger partial charge is 0.481 e. The Bertz CT molecular complexity index is 820. The van der Waals surface area contributed by atoms with E-state index in [0.717, 1.165) is 16.9 Å². The van der Waals surface area contributed by atoms with Crippen molar-refractivity contribution >= 4 is 17.7 Å². The molecule has 1 fully saturated rings. The molecule has 0 bridgehead atoms. The van der Waals surface area contributed by atoms with E-state index in [2.05, 4.69) is 10.3 Å². The molecule has 7 heteroatoms. The fourth-order valence-corrected chi connectivity index (χ4v) is 2.81. The maximum Gasteiger partial charge on any atom is 0.321 e. The van der Waals surface area contributed by atoms with Crippen molar-refractivity contribution in [3.05, 3.63) is 47.7 Å². The summed E-state index contributed by atoms with van der Waals surface area (Å²) in [5.41, 5.74) is 2.72. The summed E-state index contributed by atoms with van der Waals surface area (Å²) in [5, 5.41) is 11.7. The topological polar surface area (TPSA) is 91.8 Å². The van der Waals surface area contributed by atoms with Gasteiger partial charge in [-0.25, -0.2) is 9.78 Å². The molecule has 1 aromatic carbocycles. The third-order valence-corrected chi connectivity index (χ3v) is 4.58. The Hall–Kier alpha value is -3.09. The highest BCUT2D eigenvalue weighted by Crippen LogP contribution is 2.26. The number of urea groups is 1. The number of carboxylic acids is 1. The number of nitrogens with zero attached hydrogens (tertiary/aromatic N) is 2. The van der Waals surface area contributed by atoms with Crippen molar-refractivity contribution in [2.75, 3.05) is 18.4 Å². The van der Waals surface area contributed by atoms with Crippen LogP contribution in [0.15, 0.2) is 36.5 Å². The average Bonchev–Trinajstić information content (AvgIpc) is 3.11. The molecule has 2 aromatic rings. The summed E-state index contributed by atoms with van der Waals surface area (Å²) in [6, 6.07) is 8.89. The van der Waals surface area contributed by atoms with Gasteiger partial charge in [0.25, 0.3) is 0 Å². The van der Waals surface area contributed by atoms with Crippen LogP contribution in [0.25, 0.3) is 0 Å². The van der Waals surface area contributed by atoms with Crippen LogP contribution in [0.4, 0.5) is 10.5 Å². The van der Waals surface area contributed by atoms with Gasteiger partial charge in [0.05, 0.1) is 17.8 Å². The zero-order chi connectivity index (χ0) is 18.7. The summed E-state index contributed by atoms with van der Waals surface area (Å²) in [5.74, 6) is -0.183. The maximum atomic E-state index is 12.2. The fraction of sp³-hybridized carbons (Fsp3) is 0.316. The summed E-state index contributed by atoms with van der Waals surface area (Å²) < 4.78 is 5.79. The normalized spacial score (nSPS) is 16.4. The molecule has 136 valence electrons. The molecule has 1 aromatic heterocycles. The van der Waals surface area contributed by atoms with E-state index in [1.165, 1.54) is 11.1 Å². The second-order valence-electron chi connectivity index (χ2n) is 6.39. The Labute approximate surface area is 151 Å². The minimum atomic E-state index is -0.866. The number of carbonyl (C=O) groups excluding carboxylic acids is 1. The number of hydrogen-bond donors (Lipinski definition) is 2. The van der Waals surface area contributed by atoms with Gasteiger partial charge in [-0.3, -0.25) is 4.79 Å². The zero-order valence-electron chi connectivity index (χ0n) is 14.7. The van der Waals surface area contributed by atoms with Gasteiger partial charge < -0.3 is 20.1 Å². The maximum absolute atomic E-state index is 12.2. The Morgan fingerprint density at radius 3 is 2.73 bits per heavy atom. The Balaban J connectivity index is 1.60. The van der Waals surface area contributed by atoms with E-state index >= 15 is 0 Å². The molecule has 1 atom stereocenters. The lowest BCUT2D eigenvalue weighted by molar-refractivity contribution is -0.141. The smallest absolute Gasteiger partial charge is 0.321 e. The number of benzene rings is 1. The van der Waals surface area contributed by atoms with Crippen LogP contribution in [0.2, 0.25) is 0 Å². The SMILES string of the molecule is Cc1cccc(Oc2ccc(NC(=O)N3CCC(C(=O)O)C3)cn2)c1C. The molecule has 0 spiro atoms. The van der Waals surface area contributed by atoms with Gasteiger partial charge in [-0.15, -0.1) is 0 Å². The molecule has 1 aliphatic heterocycles. The van der Waals surface area contributed by atoms with Crippen LogP contribution >= 0.6 is 0 Å². The van der Waals surface area contributed by atoms with Gasteiger partial charge in [0.1, 0.15) is 5.75 Å².